The Kier molecular flexibility index (Phi) is 1.89. The maximum Gasteiger partial charge on any atom is 0.219 e. The Labute approximate surface area is 58.4 Å². The van der Waals surface area contributed by atoms with Gasteiger partial charge in [0.2, 0.25) is 5.91 Å². The third kappa shape index (κ3) is 1.26. The van der Waals surface area contributed by atoms with Crippen molar-refractivity contribution in [2.24, 2.45) is 0 Å². The van der Waals surface area contributed by atoms with E-state index in [-0.39, 0.29) is 19.0 Å². The van der Waals surface area contributed by atoms with Crippen molar-refractivity contribution in [2.75, 3.05) is 13.1 Å². The van der Waals surface area contributed by atoms with E-state index >= 15 is 0 Å². The highest BCUT2D eigenvalue weighted by Crippen LogP contribution is 2.12. The van der Waals surface area contributed by atoms with Crippen LogP contribution in [0.1, 0.15) is 6.92 Å². The summed E-state index contributed by atoms with van der Waals surface area (Å²) in [5, 5.41) is 8.85. The molecule has 0 aromatic rings. The van der Waals surface area contributed by atoms with Gasteiger partial charge in [-0.2, -0.15) is 0 Å². The van der Waals surface area contributed by atoms with E-state index in [1.165, 1.54) is 11.8 Å². The third-order valence-electron chi connectivity index (χ3n) is 1.67. The van der Waals surface area contributed by atoms with Gasteiger partial charge in [0, 0.05) is 13.5 Å². The second kappa shape index (κ2) is 2.54. The van der Waals surface area contributed by atoms with E-state index in [1.807, 2.05) is 0 Å². The molecule has 0 aromatic carbocycles. The first kappa shape index (κ1) is 7.47. The Morgan fingerprint density at radius 2 is 2.30 bits per heavy atom. The molecule has 4 heteroatoms. The van der Waals surface area contributed by atoms with Gasteiger partial charge in [-0.3, -0.25) is 4.79 Å². The summed E-state index contributed by atoms with van der Waals surface area (Å²) in [6, 6.07) is 0. The number of carbonyl (C=O) groups excluding carboxylic acids is 1. The minimum Gasteiger partial charge on any atom is -0.388 e. The van der Waals surface area contributed by atoms with Crippen LogP contribution in [0.25, 0.3) is 0 Å². The molecule has 2 atom stereocenters. The molecule has 58 valence electrons. The summed E-state index contributed by atoms with van der Waals surface area (Å²) in [4.78, 5) is 11.9. The van der Waals surface area contributed by atoms with Gasteiger partial charge in [-0.25, -0.2) is 4.39 Å². The van der Waals surface area contributed by atoms with Crippen LogP contribution in [0.3, 0.4) is 0 Å². The average Bonchev–Trinajstić information content (AvgIpc) is 2.13. The number of rotatable bonds is 0. The topological polar surface area (TPSA) is 40.5 Å². The van der Waals surface area contributed by atoms with Crippen molar-refractivity contribution in [3.05, 3.63) is 0 Å². The Bertz CT molecular complexity index is 141. The zero-order valence-electron chi connectivity index (χ0n) is 5.75. The summed E-state index contributed by atoms with van der Waals surface area (Å²) in [7, 11) is 0. The molecule has 1 saturated heterocycles. The molecule has 3 nitrogen and oxygen atoms in total. The number of carbonyl (C=O) groups is 1. The largest absolute Gasteiger partial charge is 0.388 e. The number of likely N-dealkylation sites (tertiary alicyclic amines) is 1. The van der Waals surface area contributed by atoms with Gasteiger partial charge in [0.25, 0.3) is 0 Å². The molecule has 0 spiro atoms. The normalized spacial score (nSPS) is 32.9. The van der Waals surface area contributed by atoms with Crippen molar-refractivity contribution in [1.82, 2.24) is 4.90 Å². The molecule has 0 saturated carbocycles. The van der Waals surface area contributed by atoms with Gasteiger partial charge < -0.3 is 10.0 Å². The molecule has 10 heavy (non-hydrogen) atoms. The summed E-state index contributed by atoms with van der Waals surface area (Å²) in [6.07, 6.45) is -2.24. The molecular formula is C6H10FNO2. The second-order valence-corrected chi connectivity index (χ2v) is 2.51. The van der Waals surface area contributed by atoms with Crippen molar-refractivity contribution in [3.8, 4) is 0 Å². The van der Waals surface area contributed by atoms with Crippen LogP contribution in [-0.4, -0.2) is 41.3 Å². The molecule has 1 aliphatic rings. The van der Waals surface area contributed by atoms with E-state index < -0.39 is 12.3 Å². The smallest absolute Gasteiger partial charge is 0.219 e. The van der Waals surface area contributed by atoms with E-state index in [0.29, 0.717) is 0 Å². The predicted molar refractivity (Wildman–Crippen MR) is 33.2 cm³/mol. The Hall–Kier alpha value is -0.640. The number of amides is 1. The fourth-order valence-corrected chi connectivity index (χ4v) is 1.00. The van der Waals surface area contributed by atoms with Crippen LogP contribution in [0.4, 0.5) is 4.39 Å². The minimum atomic E-state index is -1.26. The molecule has 1 amide bonds. The van der Waals surface area contributed by atoms with E-state index in [9.17, 15) is 9.18 Å². The quantitative estimate of drug-likeness (QED) is 0.504. The Balaban J connectivity index is 2.49. The standard InChI is InChI=1S/C6H10FNO2/c1-4(9)8-2-5(7)6(10)3-8/h5-6,10H,2-3H2,1H3/t5?,6-/m1/s1. The fourth-order valence-electron chi connectivity index (χ4n) is 1.00. The van der Waals surface area contributed by atoms with Crippen LogP contribution in [0.15, 0.2) is 0 Å². The van der Waals surface area contributed by atoms with Gasteiger partial charge >= 0.3 is 0 Å². The third-order valence-corrected chi connectivity index (χ3v) is 1.67. The van der Waals surface area contributed by atoms with Crippen molar-refractivity contribution in [2.45, 2.75) is 19.2 Å². The van der Waals surface area contributed by atoms with Crippen LogP contribution in [-0.2, 0) is 4.79 Å². The molecule has 1 fully saturated rings. The molecule has 1 rings (SSSR count). The van der Waals surface area contributed by atoms with Crippen LogP contribution >= 0.6 is 0 Å². The predicted octanol–water partition coefficient (Wildman–Crippen LogP) is -0.452. The maximum atomic E-state index is 12.5. The molecule has 1 unspecified atom stereocenters. The number of aliphatic hydroxyl groups excluding tert-OH is 1. The number of aliphatic hydroxyl groups is 1. The van der Waals surface area contributed by atoms with Crippen LogP contribution in [0.2, 0.25) is 0 Å². The van der Waals surface area contributed by atoms with Crippen molar-refractivity contribution in [3.63, 3.8) is 0 Å². The number of halogens is 1. The van der Waals surface area contributed by atoms with Gasteiger partial charge in [-0.1, -0.05) is 0 Å². The molecule has 0 aromatic heterocycles. The lowest BCUT2D eigenvalue weighted by Crippen LogP contribution is -2.26. The van der Waals surface area contributed by atoms with Gasteiger partial charge in [0.1, 0.15) is 12.3 Å². The monoisotopic (exact) mass is 147 g/mol. The van der Waals surface area contributed by atoms with Crippen LogP contribution in [0, 0.1) is 0 Å². The first-order valence-corrected chi connectivity index (χ1v) is 3.19. The van der Waals surface area contributed by atoms with Crippen LogP contribution < -0.4 is 0 Å². The van der Waals surface area contributed by atoms with Gasteiger partial charge in [-0.05, 0) is 0 Å². The molecule has 0 radical (unpaired) electrons. The molecule has 1 aliphatic heterocycles. The second-order valence-electron chi connectivity index (χ2n) is 2.51. The number of β-amino-alcohol motifs (C(OH)–C–C–N with tert-alkyl or cyclic N) is 1. The number of alkyl halides is 1. The van der Waals surface area contributed by atoms with Gasteiger partial charge in [-0.15, -0.1) is 0 Å². The highest BCUT2D eigenvalue weighted by atomic mass is 19.1. The fraction of sp³-hybridized carbons (Fsp3) is 0.833. The van der Waals surface area contributed by atoms with Gasteiger partial charge in [0.05, 0.1) is 6.54 Å². The van der Waals surface area contributed by atoms with Crippen LogP contribution in [0.5, 0.6) is 0 Å². The summed E-state index contributed by atoms with van der Waals surface area (Å²) < 4.78 is 12.5. The van der Waals surface area contributed by atoms with E-state index in [4.69, 9.17) is 5.11 Å². The Morgan fingerprint density at radius 3 is 2.50 bits per heavy atom. The summed E-state index contributed by atoms with van der Waals surface area (Å²) in [5.41, 5.74) is 0. The molecule has 1 heterocycles. The zero-order valence-corrected chi connectivity index (χ0v) is 5.75. The lowest BCUT2D eigenvalue weighted by molar-refractivity contribution is -0.128. The van der Waals surface area contributed by atoms with Crippen molar-refractivity contribution in [1.29, 1.82) is 0 Å². The van der Waals surface area contributed by atoms with Crippen molar-refractivity contribution >= 4 is 5.91 Å². The SMILES string of the molecule is CC(=O)N1CC(F)[C@H](O)C1. The molecule has 0 aliphatic carbocycles. The highest BCUT2D eigenvalue weighted by molar-refractivity contribution is 5.73. The summed E-state index contributed by atoms with van der Waals surface area (Å²) in [5.74, 6) is -0.181. The van der Waals surface area contributed by atoms with E-state index in [2.05, 4.69) is 0 Å². The number of nitrogens with zero attached hydrogens (tertiary/aromatic N) is 1. The lowest BCUT2D eigenvalue weighted by atomic mass is 10.3. The first-order valence-electron chi connectivity index (χ1n) is 3.19. The molecule has 0 bridgehead atoms. The maximum absolute atomic E-state index is 12.5. The molecular weight excluding hydrogens is 137 g/mol. The number of hydrogen-bond donors (Lipinski definition) is 1. The highest BCUT2D eigenvalue weighted by Gasteiger charge is 2.32. The minimum absolute atomic E-state index is 0.0382. The Morgan fingerprint density at radius 1 is 1.70 bits per heavy atom. The summed E-state index contributed by atoms with van der Waals surface area (Å²) >= 11 is 0. The first-order chi connectivity index (χ1) is 4.61. The molecule has 1 N–H and O–H groups in total. The van der Waals surface area contributed by atoms with Crippen molar-refractivity contribution < 1.29 is 14.3 Å². The average molecular weight is 147 g/mol. The lowest BCUT2D eigenvalue weighted by Gasteiger charge is -2.10. The number of hydrogen-bond acceptors (Lipinski definition) is 2. The summed E-state index contributed by atoms with van der Waals surface area (Å²) in [6.45, 7) is 1.54. The van der Waals surface area contributed by atoms with E-state index in [1.54, 1.807) is 0 Å². The zero-order chi connectivity index (χ0) is 7.72. The van der Waals surface area contributed by atoms with E-state index in [0.717, 1.165) is 0 Å². The van der Waals surface area contributed by atoms with Gasteiger partial charge in [0.15, 0.2) is 0 Å².